The number of thioether (sulfide) groups is 1. The van der Waals surface area contributed by atoms with Gasteiger partial charge in [-0.05, 0) is 26.0 Å². The highest BCUT2D eigenvalue weighted by Gasteiger charge is 2.14. The summed E-state index contributed by atoms with van der Waals surface area (Å²) in [6, 6.07) is 8.09. The molecule has 0 saturated heterocycles. The van der Waals surface area contributed by atoms with E-state index in [0.29, 0.717) is 5.92 Å². The van der Waals surface area contributed by atoms with Crippen molar-refractivity contribution in [3.05, 3.63) is 47.3 Å². The lowest BCUT2D eigenvalue weighted by Gasteiger charge is -2.17. The maximum absolute atomic E-state index is 6.17. The molecule has 2 aromatic heterocycles. The summed E-state index contributed by atoms with van der Waals surface area (Å²) in [7, 11) is 0. The van der Waals surface area contributed by atoms with Crippen molar-refractivity contribution in [1.82, 2.24) is 15.0 Å². The first kappa shape index (κ1) is 20.2. The summed E-state index contributed by atoms with van der Waals surface area (Å²) in [6.45, 7) is 4.93. The van der Waals surface area contributed by atoms with Crippen LogP contribution in [0.15, 0.2) is 35.6 Å². The molecule has 0 fully saturated rings. The molecule has 0 unspecified atom stereocenters. The van der Waals surface area contributed by atoms with Crippen LogP contribution in [0.5, 0.6) is 5.75 Å². The molecule has 1 N–H and O–H groups in total. The lowest BCUT2D eigenvalue weighted by atomic mass is 10.1. The molecule has 1 aromatic carbocycles. The number of nitrogens with one attached hydrogen (secondary N) is 1. The number of benzene rings is 1. The number of alkyl halides is 2. The van der Waals surface area contributed by atoms with Gasteiger partial charge in [-0.15, -0.1) is 0 Å². The number of hydrogen-bond donors (Lipinski definition) is 1. The Bertz CT molecular complexity index is 847. The first-order valence-corrected chi connectivity index (χ1v) is 12.4. The van der Waals surface area contributed by atoms with Crippen LogP contribution < -0.4 is 4.74 Å². The van der Waals surface area contributed by atoms with E-state index in [1.54, 1.807) is 11.8 Å². The Balaban J connectivity index is 1.72. The molecular weight excluding hydrogens is 572 g/mol. The molecule has 26 heavy (non-hydrogen) atoms. The fourth-order valence-corrected chi connectivity index (χ4v) is 5.82. The number of aromatic nitrogens is 3. The number of aryl methyl sites for hydroxylation is 1. The van der Waals surface area contributed by atoms with Crippen LogP contribution in [0, 0.1) is 19.8 Å². The van der Waals surface area contributed by atoms with Gasteiger partial charge in [-0.3, -0.25) is 4.98 Å². The number of rotatable bonds is 8. The van der Waals surface area contributed by atoms with Crippen LogP contribution in [0.25, 0.3) is 11.0 Å². The second kappa shape index (κ2) is 9.59. The number of para-hydroxylation sites is 2. The SMILES string of the molecule is Cc1cnc(CSc2nc3ccccc3[nH]2)c(C)c1OCC(CI)CI. The molecule has 0 radical (unpaired) electrons. The Morgan fingerprint density at radius 3 is 2.69 bits per heavy atom. The summed E-state index contributed by atoms with van der Waals surface area (Å²) < 4.78 is 8.39. The van der Waals surface area contributed by atoms with E-state index in [4.69, 9.17) is 4.74 Å². The highest BCUT2D eigenvalue weighted by Crippen LogP contribution is 2.29. The molecule has 0 aliphatic heterocycles. The Morgan fingerprint density at radius 2 is 1.96 bits per heavy atom. The van der Waals surface area contributed by atoms with E-state index >= 15 is 0 Å². The first-order valence-electron chi connectivity index (χ1n) is 8.39. The minimum atomic E-state index is 0.580. The Labute approximate surface area is 185 Å². The molecule has 0 aliphatic carbocycles. The minimum absolute atomic E-state index is 0.580. The van der Waals surface area contributed by atoms with Gasteiger partial charge in [0.15, 0.2) is 5.16 Å². The normalized spacial score (nSPS) is 11.4. The van der Waals surface area contributed by atoms with E-state index in [1.165, 1.54) is 0 Å². The maximum atomic E-state index is 6.17. The molecule has 0 atom stereocenters. The van der Waals surface area contributed by atoms with Crippen molar-refractivity contribution >= 4 is 68.0 Å². The van der Waals surface area contributed by atoms with Gasteiger partial charge in [-0.1, -0.05) is 69.1 Å². The molecule has 0 amide bonds. The van der Waals surface area contributed by atoms with Gasteiger partial charge in [0.1, 0.15) is 5.75 Å². The third-order valence-corrected chi connectivity index (χ3v) is 7.53. The monoisotopic (exact) mass is 593 g/mol. The predicted molar refractivity (Wildman–Crippen MR) is 126 cm³/mol. The van der Waals surface area contributed by atoms with Gasteiger partial charge in [-0.25, -0.2) is 4.98 Å². The third kappa shape index (κ3) is 4.83. The molecule has 3 aromatic rings. The van der Waals surface area contributed by atoms with E-state index in [9.17, 15) is 0 Å². The number of pyridine rings is 1. The van der Waals surface area contributed by atoms with Crippen LogP contribution in [-0.2, 0) is 5.75 Å². The Morgan fingerprint density at radius 1 is 1.19 bits per heavy atom. The van der Waals surface area contributed by atoms with Gasteiger partial charge >= 0.3 is 0 Å². The average Bonchev–Trinajstić information content (AvgIpc) is 3.07. The van der Waals surface area contributed by atoms with Gasteiger partial charge in [0.05, 0.1) is 23.3 Å². The van der Waals surface area contributed by atoms with Crippen LogP contribution in [-0.4, -0.2) is 30.4 Å². The molecule has 4 nitrogen and oxygen atoms in total. The summed E-state index contributed by atoms with van der Waals surface area (Å²) >= 11 is 6.54. The largest absolute Gasteiger partial charge is 0.493 e. The van der Waals surface area contributed by atoms with E-state index in [2.05, 4.69) is 74.0 Å². The molecule has 3 rings (SSSR count). The van der Waals surface area contributed by atoms with Crippen molar-refractivity contribution in [3.8, 4) is 5.75 Å². The summed E-state index contributed by atoms with van der Waals surface area (Å²) in [5, 5.41) is 0.922. The number of fused-ring (bicyclic) bond motifs is 1. The standard InChI is InChI=1S/C19H21I2N3OS/c1-12-9-22-17(13(2)18(12)25-10-14(7-20)8-21)11-26-19-23-15-5-3-4-6-16(15)24-19/h3-6,9,14H,7-8,10-11H2,1-2H3,(H,23,24). The van der Waals surface area contributed by atoms with Gasteiger partial charge in [0.25, 0.3) is 0 Å². The first-order chi connectivity index (χ1) is 12.6. The van der Waals surface area contributed by atoms with Crippen LogP contribution in [0.1, 0.15) is 16.8 Å². The molecule has 0 saturated carbocycles. The number of imidazole rings is 1. The molecule has 2 heterocycles. The summed E-state index contributed by atoms with van der Waals surface area (Å²) in [4.78, 5) is 12.6. The zero-order valence-corrected chi connectivity index (χ0v) is 19.9. The fourth-order valence-electron chi connectivity index (χ4n) is 2.59. The van der Waals surface area contributed by atoms with Crippen molar-refractivity contribution in [2.24, 2.45) is 5.92 Å². The zero-order chi connectivity index (χ0) is 18.5. The fraction of sp³-hybridized carbons (Fsp3) is 0.368. The van der Waals surface area contributed by atoms with Crippen LogP contribution >= 0.6 is 56.9 Å². The smallest absolute Gasteiger partial charge is 0.166 e. The molecule has 0 spiro atoms. The summed E-state index contributed by atoms with van der Waals surface area (Å²) in [5.41, 5.74) is 5.35. The second-order valence-corrected chi connectivity index (χ2v) is 8.90. The number of hydrogen-bond acceptors (Lipinski definition) is 4. The molecular formula is C19H21I2N3OS. The predicted octanol–water partition coefficient (Wildman–Crippen LogP) is 5.73. The van der Waals surface area contributed by atoms with Gasteiger partial charge < -0.3 is 9.72 Å². The third-order valence-electron chi connectivity index (χ3n) is 4.16. The average molecular weight is 593 g/mol. The second-order valence-electron chi connectivity index (χ2n) is 6.18. The highest BCUT2D eigenvalue weighted by atomic mass is 127. The number of aromatic amines is 1. The lowest BCUT2D eigenvalue weighted by Crippen LogP contribution is -2.16. The summed E-state index contributed by atoms with van der Waals surface area (Å²) in [5.74, 6) is 2.33. The molecule has 7 heteroatoms. The van der Waals surface area contributed by atoms with E-state index in [-0.39, 0.29) is 0 Å². The molecule has 0 bridgehead atoms. The van der Waals surface area contributed by atoms with E-state index < -0.39 is 0 Å². The number of halogens is 2. The Kier molecular flexibility index (Phi) is 7.44. The summed E-state index contributed by atoms with van der Waals surface area (Å²) in [6.07, 6.45) is 1.92. The van der Waals surface area contributed by atoms with E-state index in [0.717, 1.165) is 60.0 Å². The van der Waals surface area contributed by atoms with Crippen molar-refractivity contribution in [2.45, 2.75) is 24.8 Å². The highest BCUT2D eigenvalue weighted by molar-refractivity contribution is 14.1. The molecule has 0 aliphatic rings. The zero-order valence-electron chi connectivity index (χ0n) is 14.8. The van der Waals surface area contributed by atoms with Crippen LogP contribution in [0.3, 0.4) is 0 Å². The van der Waals surface area contributed by atoms with Crippen LogP contribution in [0.2, 0.25) is 0 Å². The minimum Gasteiger partial charge on any atom is -0.493 e. The van der Waals surface area contributed by atoms with Gasteiger partial charge in [0, 0.05) is 37.8 Å². The maximum Gasteiger partial charge on any atom is 0.166 e. The Hall–Kier alpha value is -0.550. The van der Waals surface area contributed by atoms with Crippen LogP contribution in [0.4, 0.5) is 0 Å². The topological polar surface area (TPSA) is 50.8 Å². The van der Waals surface area contributed by atoms with Crippen molar-refractivity contribution < 1.29 is 4.74 Å². The van der Waals surface area contributed by atoms with E-state index in [1.807, 2.05) is 30.5 Å². The molecule has 138 valence electrons. The van der Waals surface area contributed by atoms with Gasteiger partial charge in [-0.2, -0.15) is 0 Å². The number of ether oxygens (including phenoxy) is 1. The number of H-pyrrole nitrogens is 1. The number of nitrogens with zero attached hydrogens (tertiary/aromatic N) is 2. The lowest BCUT2D eigenvalue weighted by molar-refractivity contribution is 0.275. The quantitative estimate of drug-likeness (QED) is 0.206. The van der Waals surface area contributed by atoms with Gasteiger partial charge in [0.2, 0.25) is 0 Å². The van der Waals surface area contributed by atoms with Crippen molar-refractivity contribution in [1.29, 1.82) is 0 Å². The van der Waals surface area contributed by atoms with Crippen molar-refractivity contribution in [2.75, 3.05) is 15.5 Å². The van der Waals surface area contributed by atoms with Crippen molar-refractivity contribution in [3.63, 3.8) is 0 Å².